The summed E-state index contributed by atoms with van der Waals surface area (Å²) in [4.78, 5) is 16.7. The van der Waals surface area contributed by atoms with Crippen LogP contribution < -0.4 is 5.48 Å². The van der Waals surface area contributed by atoms with Gasteiger partial charge < -0.3 is 10.2 Å². The average Bonchev–Trinajstić information content (AvgIpc) is 2.52. The van der Waals surface area contributed by atoms with Crippen LogP contribution in [0.25, 0.3) is 0 Å². The Labute approximate surface area is 63.4 Å². The molecule has 1 rings (SSSR count). The third-order valence-corrected chi connectivity index (χ3v) is 1.27. The number of aromatic amines is 1. The summed E-state index contributed by atoms with van der Waals surface area (Å²) in [6.45, 7) is 0. The second-order valence-corrected chi connectivity index (χ2v) is 2.06. The van der Waals surface area contributed by atoms with E-state index in [2.05, 4.69) is 9.97 Å². The van der Waals surface area contributed by atoms with Gasteiger partial charge in [0.05, 0.1) is 12.0 Å². The molecule has 0 aromatic carbocycles. The molecule has 1 aromatic heterocycles. The summed E-state index contributed by atoms with van der Waals surface area (Å²) < 4.78 is 0. The minimum Gasteiger partial charge on any atom is -0.351 e. The highest BCUT2D eigenvalue weighted by molar-refractivity contribution is 5.58. The highest BCUT2D eigenvalue weighted by Crippen LogP contribution is 1.94. The summed E-state index contributed by atoms with van der Waals surface area (Å²) in [5.74, 6) is 0. The van der Waals surface area contributed by atoms with Gasteiger partial charge in [0.25, 0.3) is 0 Å². The predicted octanol–water partition coefficient (Wildman–Crippen LogP) is -0.591. The minimum absolute atomic E-state index is 0.337. The summed E-state index contributed by atoms with van der Waals surface area (Å²) in [5.41, 5.74) is 2.52. The number of rotatable bonds is 4. The lowest BCUT2D eigenvalue weighted by Crippen LogP contribution is -2.29. The fraction of sp³-hybridized carbons (Fsp3) is 0.333. The highest BCUT2D eigenvalue weighted by Gasteiger charge is 2.07. The van der Waals surface area contributed by atoms with Crippen LogP contribution >= 0.6 is 0 Å². The van der Waals surface area contributed by atoms with Crippen molar-refractivity contribution in [3.8, 4) is 0 Å². The SMILES string of the molecule is O=[C][C@H](Cc1c[nH]cn1)NO. The summed E-state index contributed by atoms with van der Waals surface area (Å²) in [6.07, 6.45) is 5.12. The van der Waals surface area contributed by atoms with Gasteiger partial charge in [-0.05, 0) is 0 Å². The van der Waals surface area contributed by atoms with E-state index in [1.807, 2.05) is 5.48 Å². The van der Waals surface area contributed by atoms with Crippen LogP contribution in [0.4, 0.5) is 0 Å². The number of aromatic nitrogens is 2. The molecule has 5 heteroatoms. The van der Waals surface area contributed by atoms with Crippen molar-refractivity contribution in [3.63, 3.8) is 0 Å². The molecule has 0 saturated heterocycles. The molecule has 59 valence electrons. The zero-order valence-electron chi connectivity index (χ0n) is 5.74. The molecule has 0 aliphatic carbocycles. The second kappa shape index (κ2) is 3.85. The third-order valence-electron chi connectivity index (χ3n) is 1.27. The fourth-order valence-corrected chi connectivity index (χ4v) is 0.725. The van der Waals surface area contributed by atoms with Crippen LogP contribution in [0.1, 0.15) is 5.69 Å². The van der Waals surface area contributed by atoms with Crippen molar-refractivity contribution in [2.45, 2.75) is 12.5 Å². The quantitative estimate of drug-likeness (QED) is 0.506. The Morgan fingerprint density at radius 1 is 1.91 bits per heavy atom. The lowest BCUT2D eigenvalue weighted by atomic mass is 10.2. The highest BCUT2D eigenvalue weighted by atomic mass is 16.5. The summed E-state index contributed by atoms with van der Waals surface area (Å²) in [7, 11) is 0. The number of nitrogens with one attached hydrogen (secondary N) is 2. The van der Waals surface area contributed by atoms with E-state index >= 15 is 0 Å². The Kier molecular flexibility index (Phi) is 2.76. The first-order valence-electron chi connectivity index (χ1n) is 3.11. The summed E-state index contributed by atoms with van der Waals surface area (Å²) in [6, 6.07) is -0.696. The van der Waals surface area contributed by atoms with E-state index in [0.717, 1.165) is 0 Å². The van der Waals surface area contributed by atoms with Gasteiger partial charge in [0, 0.05) is 12.6 Å². The van der Waals surface area contributed by atoms with Crippen molar-refractivity contribution < 1.29 is 10.0 Å². The lowest BCUT2D eigenvalue weighted by Gasteiger charge is -2.02. The third kappa shape index (κ3) is 2.14. The topological polar surface area (TPSA) is 78.0 Å². The Bertz CT molecular complexity index is 210. The number of imidazole rings is 1. The molecule has 0 aliphatic heterocycles. The van der Waals surface area contributed by atoms with E-state index in [9.17, 15) is 4.79 Å². The van der Waals surface area contributed by atoms with Crippen LogP contribution in [0.3, 0.4) is 0 Å². The van der Waals surface area contributed by atoms with Crippen LogP contribution in [0, 0.1) is 0 Å². The molecular weight excluding hydrogens is 146 g/mol. The van der Waals surface area contributed by atoms with E-state index in [1.54, 1.807) is 12.5 Å². The molecule has 1 radical (unpaired) electrons. The van der Waals surface area contributed by atoms with Crippen LogP contribution in [0.5, 0.6) is 0 Å². The normalized spacial score (nSPS) is 12.8. The maximum absolute atomic E-state index is 10.1. The van der Waals surface area contributed by atoms with E-state index in [-0.39, 0.29) is 0 Å². The van der Waals surface area contributed by atoms with Gasteiger partial charge in [-0.15, -0.1) is 0 Å². The molecule has 0 spiro atoms. The molecule has 0 fully saturated rings. The number of nitrogens with zero attached hydrogens (tertiary/aromatic N) is 1. The number of hydrogen-bond donors (Lipinski definition) is 3. The molecule has 0 amide bonds. The maximum atomic E-state index is 10.1. The van der Waals surface area contributed by atoms with Gasteiger partial charge in [-0.1, -0.05) is 0 Å². The zero-order valence-corrected chi connectivity index (χ0v) is 5.74. The number of hydrogen-bond acceptors (Lipinski definition) is 4. The average molecular weight is 154 g/mol. The van der Waals surface area contributed by atoms with Crippen molar-refractivity contribution in [3.05, 3.63) is 18.2 Å². The second-order valence-electron chi connectivity index (χ2n) is 2.06. The molecule has 1 aromatic rings. The number of H-pyrrole nitrogens is 1. The summed E-state index contributed by atoms with van der Waals surface area (Å²) in [5, 5.41) is 8.37. The molecule has 0 bridgehead atoms. The van der Waals surface area contributed by atoms with Gasteiger partial charge in [-0.2, -0.15) is 5.48 Å². The molecule has 3 N–H and O–H groups in total. The van der Waals surface area contributed by atoms with Crippen LogP contribution in [0.15, 0.2) is 12.5 Å². The minimum atomic E-state index is -0.696. The Hall–Kier alpha value is -1.20. The van der Waals surface area contributed by atoms with Gasteiger partial charge in [-0.3, -0.25) is 4.79 Å². The van der Waals surface area contributed by atoms with Crippen LogP contribution in [-0.2, 0) is 11.2 Å². The van der Waals surface area contributed by atoms with Crippen molar-refractivity contribution in [2.75, 3.05) is 0 Å². The lowest BCUT2D eigenvalue weighted by molar-refractivity contribution is 0.148. The fourth-order valence-electron chi connectivity index (χ4n) is 0.725. The van der Waals surface area contributed by atoms with Gasteiger partial charge >= 0.3 is 0 Å². The molecular formula is C6H8N3O2. The predicted molar refractivity (Wildman–Crippen MR) is 36.7 cm³/mol. The van der Waals surface area contributed by atoms with Gasteiger partial charge in [0.2, 0.25) is 6.29 Å². The molecule has 1 atom stereocenters. The Balaban J connectivity index is 2.47. The number of carbonyl (C=O) groups excluding carboxylic acids is 1. The van der Waals surface area contributed by atoms with E-state index in [1.165, 1.54) is 6.33 Å². The van der Waals surface area contributed by atoms with Gasteiger partial charge in [0.1, 0.15) is 6.04 Å². The maximum Gasteiger partial charge on any atom is 0.219 e. The largest absolute Gasteiger partial charge is 0.351 e. The van der Waals surface area contributed by atoms with E-state index in [0.29, 0.717) is 12.1 Å². The van der Waals surface area contributed by atoms with E-state index in [4.69, 9.17) is 5.21 Å². The molecule has 0 saturated carbocycles. The molecule has 0 aliphatic rings. The molecule has 5 nitrogen and oxygen atoms in total. The first kappa shape index (κ1) is 7.90. The smallest absolute Gasteiger partial charge is 0.219 e. The van der Waals surface area contributed by atoms with Crippen molar-refractivity contribution in [2.24, 2.45) is 0 Å². The van der Waals surface area contributed by atoms with Gasteiger partial charge in [0.15, 0.2) is 0 Å². The Morgan fingerprint density at radius 2 is 2.73 bits per heavy atom. The zero-order chi connectivity index (χ0) is 8.10. The van der Waals surface area contributed by atoms with Crippen LogP contribution in [-0.4, -0.2) is 27.5 Å². The molecule has 0 unspecified atom stereocenters. The summed E-state index contributed by atoms with van der Waals surface area (Å²) >= 11 is 0. The van der Waals surface area contributed by atoms with E-state index < -0.39 is 6.04 Å². The van der Waals surface area contributed by atoms with Gasteiger partial charge in [-0.25, -0.2) is 4.98 Å². The standard InChI is InChI=1S/C6H8N3O2/c10-3-6(9-11)1-5-2-7-4-8-5/h2,4,6,9,11H,1H2,(H,7,8)/t6-/m0/s1. The Morgan fingerprint density at radius 3 is 3.18 bits per heavy atom. The first-order valence-corrected chi connectivity index (χ1v) is 3.11. The molecule has 1 heterocycles. The van der Waals surface area contributed by atoms with Crippen LogP contribution in [0.2, 0.25) is 0 Å². The number of hydroxylamine groups is 1. The monoisotopic (exact) mass is 154 g/mol. The van der Waals surface area contributed by atoms with Crippen molar-refractivity contribution >= 4 is 6.29 Å². The first-order chi connectivity index (χ1) is 5.36. The van der Waals surface area contributed by atoms with Crippen molar-refractivity contribution in [1.82, 2.24) is 15.4 Å². The van der Waals surface area contributed by atoms with Crippen molar-refractivity contribution in [1.29, 1.82) is 0 Å². The molecule has 11 heavy (non-hydrogen) atoms.